The van der Waals surface area contributed by atoms with Crippen molar-refractivity contribution < 1.29 is 23.7 Å². The van der Waals surface area contributed by atoms with Crippen molar-refractivity contribution in [2.45, 2.75) is 33.0 Å². The van der Waals surface area contributed by atoms with E-state index in [1.54, 1.807) is 19.1 Å². The average Bonchev–Trinajstić information content (AvgIpc) is 3.18. The van der Waals surface area contributed by atoms with Crippen molar-refractivity contribution in [3.63, 3.8) is 0 Å². The summed E-state index contributed by atoms with van der Waals surface area (Å²) in [7, 11) is 3.29. The van der Waals surface area contributed by atoms with Crippen LogP contribution in [0.25, 0.3) is 11.0 Å². The minimum atomic E-state index is -0.588. The van der Waals surface area contributed by atoms with Gasteiger partial charge in [-0.3, -0.25) is 14.4 Å². The normalized spacial score (nSPS) is 10.8. The van der Waals surface area contributed by atoms with Crippen molar-refractivity contribution in [2.24, 2.45) is 0 Å². The van der Waals surface area contributed by atoms with E-state index in [-0.39, 0.29) is 41.5 Å². The molecule has 0 atom stereocenters. The van der Waals surface area contributed by atoms with Crippen LogP contribution in [0.15, 0.2) is 18.2 Å². The van der Waals surface area contributed by atoms with Crippen molar-refractivity contribution in [3.05, 3.63) is 34.9 Å². The Morgan fingerprint density at radius 2 is 2.03 bits per heavy atom. The maximum absolute atomic E-state index is 13.1. The van der Waals surface area contributed by atoms with E-state index in [1.807, 2.05) is 34.3 Å². The van der Waals surface area contributed by atoms with E-state index in [0.29, 0.717) is 44.0 Å². The molecule has 2 heterocycles. The molecule has 13 nitrogen and oxygen atoms in total. The van der Waals surface area contributed by atoms with Gasteiger partial charge >= 0.3 is 0 Å². The van der Waals surface area contributed by atoms with Gasteiger partial charge in [-0.05, 0) is 25.5 Å². The number of fused-ring (bicyclic) bond motifs is 1. The van der Waals surface area contributed by atoms with Gasteiger partial charge in [0.1, 0.15) is 12.3 Å². The van der Waals surface area contributed by atoms with Crippen molar-refractivity contribution in [3.8, 4) is 5.75 Å². The second-order valence-electron chi connectivity index (χ2n) is 8.16. The van der Waals surface area contributed by atoms with Crippen molar-refractivity contribution in [1.29, 1.82) is 0 Å². The standard InChI is InChI=1S/C23H30ClN9O4/c1-4-32-16-10-14(37-3)6-7-15(16)33(12-18(35)31(2)9-5-8-27-13-34)17(32)11-28-23(36)19-21(25)30-22(26)20(24)29-19/h6-7,10,13H,4-5,8-9,11-12H2,1-3H3,(H5-,25,26,27,28,30,34,36)/p+1. The number of aromatic nitrogens is 4. The number of carbonyl (C=O) groups excluding carboxylic acids is 3. The van der Waals surface area contributed by atoms with Crippen LogP contribution in [0.3, 0.4) is 0 Å². The van der Waals surface area contributed by atoms with E-state index >= 15 is 0 Å². The van der Waals surface area contributed by atoms with Crippen molar-refractivity contribution >= 4 is 52.5 Å². The molecule has 0 aliphatic rings. The molecule has 0 unspecified atom stereocenters. The second kappa shape index (κ2) is 12.2. The number of aryl methyl sites for hydroxylation is 1. The molecule has 0 saturated carbocycles. The summed E-state index contributed by atoms with van der Waals surface area (Å²) < 4.78 is 9.24. The maximum atomic E-state index is 13.1. The van der Waals surface area contributed by atoms with Crippen molar-refractivity contribution in [1.82, 2.24) is 30.1 Å². The third-order valence-corrected chi connectivity index (χ3v) is 6.13. The van der Waals surface area contributed by atoms with Gasteiger partial charge < -0.3 is 31.7 Å². The van der Waals surface area contributed by atoms with Gasteiger partial charge in [-0.2, -0.15) is 0 Å². The van der Waals surface area contributed by atoms with Crippen LogP contribution in [-0.4, -0.2) is 64.9 Å². The number of imidazole rings is 1. The van der Waals surface area contributed by atoms with Gasteiger partial charge in [0.15, 0.2) is 40.1 Å². The molecule has 198 valence electrons. The van der Waals surface area contributed by atoms with E-state index in [2.05, 4.69) is 20.6 Å². The Morgan fingerprint density at radius 3 is 2.70 bits per heavy atom. The number of nitrogen functional groups attached to an aromatic ring is 2. The number of hydrogen-bond donors (Lipinski definition) is 4. The number of nitrogens with two attached hydrogens (primary N) is 2. The molecule has 3 amide bonds. The van der Waals surface area contributed by atoms with Crippen LogP contribution in [0.5, 0.6) is 5.75 Å². The first-order valence-corrected chi connectivity index (χ1v) is 12.0. The highest BCUT2D eigenvalue weighted by atomic mass is 35.5. The molecule has 3 rings (SSSR count). The van der Waals surface area contributed by atoms with Gasteiger partial charge in [-0.1, -0.05) is 11.6 Å². The molecule has 0 radical (unpaired) electrons. The van der Waals surface area contributed by atoms with Crippen LogP contribution in [-0.2, 0) is 29.2 Å². The fraction of sp³-hybridized carbons (Fsp3) is 0.391. The average molecular weight is 533 g/mol. The Hall–Kier alpha value is -4.13. The van der Waals surface area contributed by atoms with Crippen LogP contribution in [0.4, 0.5) is 11.6 Å². The SMILES string of the molecule is CCn1c(CNC(=O)c2nc(Cl)c(N)nc2N)[n+](CC(=O)N(C)CCCNC=O)c2ccc(OC)cc21. The molecule has 0 saturated heterocycles. The molecule has 0 aliphatic carbocycles. The Morgan fingerprint density at radius 1 is 1.27 bits per heavy atom. The zero-order chi connectivity index (χ0) is 27.1. The number of likely N-dealkylation sites (N-methyl/N-ethyl adjacent to an activating group) is 1. The van der Waals surface area contributed by atoms with E-state index < -0.39 is 5.91 Å². The molecule has 6 N–H and O–H groups in total. The van der Waals surface area contributed by atoms with Crippen LogP contribution < -0.4 is 31.4 Å². The molecule has 2 aromatic heterocycles. The molecule has 14 heteroatoms. The number of nitrogens with one attached hydrogen (secondary N) is 2. The highest BCUT2D eigenvalue weighted by Crippen LogP contribution is 2.22. The smallest absolute Gasteiger partial charge is 0.277 e. The van der Waals surface area contributed by atoms with Crippen LogP contribution in [0, 0.1) is 0 Å². The quantitative estimate of drug-likeness (QED) is 0.144. The van der Waals surface area contributed by atoms with Gasteiger partial charge in [-0.25, -0.2) is 19.1 Å². The van der Waals surface area contributed by atoms with Gasteiger partial charge in [0.2, 0.25) is 6.41 Å². The number of hydrogen-bond acceptors (Lipinski definition) is 8. The Bertz CT molecular complexity index is 1310. The first kappa shape index (κ1) is 27.5. The van der Waals surface area contributed by atoms with Crippen molar-refractivity contribution in [2.75, 3.05) is 38.7 Å². The summed E-state index contributed by atoms with van der Waals surface area (Å²) in [5, 5.41) is 5.26. The molecule has 0 fully saturated rings. The Kier molecular flexibility index (Phi) is 9.06. The number of anilines is 2. The van der Waals surface area contributed by atoms with Gasteiger partial charge in [0.05, 0.1) is 13.7 Å². The predicted molar refractivity (Wildman–Crippen MR) is 138 cm³/mol. The predicted octanol–water partition coefficient (Wildman–Crippen LogP) is 0.0896. The number of nitrogens with zero attached hydrogens (tertiary/aromatic N) is 5. The lowest BCUT2D eigenvalue weighted by Crippen LogP contribution is -2.47. The molecule has 0 aliphatic heterocycles. The molecule has 1 aromatic carbocycles. The highest BCUT2D eigenvalue weighted by Gasteiger charge is 2.28. The fourth-order valence-corrected chi connectivity index (χ4v) is 4.05. The molecule has 37 heavy (non-hydrogen) atoms. The first-order valence-electron chi connectivity index (χ1n) is 11.6. The van der Waals surface area contributed by atoms with Crippen LogP contribution in [0.2, 0.25) is 5.15 Å². The third-order valence-electron chi connectivity index (χ3n) is 5.85. The summed E-state index contributed by atoms with van der Waals surface area (Å²) in [6.45, 7) is 3.58. The molecule has 0 spiro atoms. The van der Waals surface area contributed by atoms with Crippen LogP contribution >= 0.6 is 11.6 Å². The second-order valence-corrected chi connectivity index (χ2v) is 8.52. The van der Waals surface area contributed by atoms with Gasteiger partial charge in [-0.15, -0.1) is 0 Å². The number of carbonyl (C=O) groups is 3. The number of rotatable bonds is 12. The summed E-state index contributed by atoms with van der Waals surface area (Å²) >= 11 is 5.93. The van der Waals surface area contributed by atoms with E-state index in [9.17, 15) is 14.4 Å². The Labute approximate surface area is 218 Å². The number of benzene rings is 1. The number of halogens is 1. The molecule has 3 aromatic rings. The van der Waals surface area contributed by atoms with E-state index in [0.717, 1.165) is 11.0 Å². The minimum Gasteiger partial charge on any atom is -0.497 e. The minimum absolute atomic E-state index is 0.0360. The fourth-order valence-electron chi connectivity index (χ4n) is 3.93. The number of methoxy groups -OCH3 is 1. The van der Waals surface area contributed by atoms with E-state index in [4.69, 9.17) is 27.8 Å². The highest BCUT2D eigenvalue weighted by molar-refractivity contribution is 6.31. The summed E-state index contributed by atoms with van der Waals surface area (Å²) in [6.07, 6.45) is 1.25. The molecule has 0 bridgehead atoms. The van der Waals surface area contributed by atoms with E-state index in [1.165, 1.54) is 0 Å². The summed E-state index contributed by atoms with van der Waals surface area (Å²) in [4.78, 5) is 45.8. The van der Waals surface area contributed by atoms with Gasteiger partial charge in [0, 0.05) is 26.2 Å². The maximum Gasteiger partial charge on any atom is 0.277 e. The number of amides is 3. The monoisotopic (exact) mass is 532 g/mol. The summed E-state index contributed by atoms with van der Waals surface area (Å²) in [5.74, 6) is 0.405. The lowest BCUT2D eigenvalue weighted by molar-refractivity contribution is -0.668. The zero-order valence-electron chi connectivity index (χ0n) is 21.0. The molecular weight excluding hydrogens is 502 g/mol. The summed E-state index contributed by atoms with van der Waals surface area (Å²) in [5.41, 5.74) is 12.9. The Balaban J connectivity index is 1.93. The lowest BCUT2D eigenvalue weighted by atomic mass is 10.3. The third kappa shape index (κ3) is 6.17. The molecular formula is C23H31ClN9O4+. The largest absolute Gasteiger partial charge is 0.497 e. The van der Waals surface area contributed by atoms with Gasteiger partial charge in [0.25, 0.3) is 17.6 Å². The lowest BCUT2D eigenvalue weighted by Gasteiger charge is -2.16. The summed E-state index contributed by atoms with van der Waals surface area (Å²) in [6, 6.07) is 5.56. The van der Waals surface area contributed by atoms with Crippen LogP contribution in [0.1, 0.15) is 29.7 Å². The first-order chi connectivity index (χ1) is 17.7. The topological polar surface area (TPSA) is 174 Å². The number of ether oxygens (including phenoxy) is 1. The zero-order valence-corrected chi connectivity index (χ0v) is 21.7.